The monoisotopic (exact) mass is 547 g/mol. The van der Waals surface area contributed by atoms with Crippen LogP contribution in [0.2, 0.25) is 0 Å². The summed E-state index contributed by atoms with van der Waals surface area (Å²) < 4.78 is 29.8. The van der Waals surface area contributed by atoms with E-state index in [-0.39, 0.29) is 10.8 Å². The van der Waals surface area contributed by atoms with Gasteiger partial charge < -0.3 is 4.90 Å². The van der Waals surface area contributed by atoms with Gasteiger partial charge in [0.05, 0.1) is 15.5 Å². The van der Waals surface area contributed by atoms with Crippen molar-refractivity contribution < 1.29 is 13.2 Å². The van der Waals surface area contributed by atoms with Gasteiger partial charge >= 0.3 is 0 Å². The van der Waals surface area contributed by atoms with Crippen molar-refractivity contribution in [3.8, 4) is 16.9 Å². The average Bonchev–Trinajstić information content (AvgIpc) is 3.71. The zero-order valence-electron chi connectivity index (χ0n) is 21.0. The third-order valence-electron chi connectivity index (χ3n) is 7.10. The molecule has 196 valence electrons. The average molecular weight is 548 g/mol. The van der Waals surface area contributed by atoms with Crippen LogP contribution in [0, 0.1) is 0 Å². The number of piperidine rings is 1. The summed E-state index contributed by atoms with van der Waals surface area (Å²) in [6.07, 6.45) is 8.90. The van der Waals surface area contributed by atoms with Gasteiger partial charge in [0, 0.05) is 43.5 Å². The first-order chi connectivity index (χ1) is 18.5. The van der Waals surface area contributed by atoms with E-state index in [1.165, 1.54) is 18.2 Å². The normalized spacial score (nSPS) is 19.9. The Kier molecular flexibility index (Phi) is 6.94. The molecule has 0 aliphatic carbocycles. The Hall–Kier alpha value is -3.21. The minimum atomic E-state index is -3.58. The molecule has 0 radical (unpaired) electrons. The molecular weight excluding hydrogens is 518 g/mol. The fourth-order valence-corrected chi connectivity index (χ4v) is 7.59. The standard InChI is InChI=1S/C28H29N5O3S2/c34-27-25(37-28(29-27)31-14-5-2-6-15-31)19-22-20-33(23-11-3-1-4-12-23)30-26(22)21-10-9-13-24(18-21)38(35,36)32-16-7-8-17-32/h1,3-4,9-13,18-20H,2,5-8,14-17H2. The van der Waals surface area contributed by atoms with Gasteiger partial charge in [-0.05, 0) is 74.2 Å². The minimum Gasteiger partial charge on any atom is -0.351 e. The quantitative estimate of drug-likeness (QED) is 0.427. The van der Waals surface area contributed by atoms with E-state index in [0.717, 1.165) is 55.2 Å². The fraction of sp³-hybridized carbons (Fsp3) is 0.321. The highest BCUT2D eigenvalue weighted by Gasteiger charge is 2.29. The van der Waals surface area contributed by atoms with Gasteiger partial charge in [0.2, 0.25) is 10.0 Å². The number of para-hydroxylation sites is 1. The zero-order valence-corrected chi connectivity index (χ0v) is 22.6. The first kappa shape index (κ1) is 25.1. The number of benzene rings is 2. The van der Waals surface area contributed by atoms with Crippen molar-refractivity contribution in [3.63, 3.8) is 0 Å². The predicted molar refractivity (Wildman–Crippen MR) is 150 cm³/mol. The molecule has 4 heterocycles. The lowest BCUT2D eigenvalue weighted by atomic mass is 10.1. The molecule has 2 saturated heterocycles. The Balaban J connectivity index is 1.38. The molecule has 0 saturated carbocycles. The molecular formula is C28H29N5O3S2. The zero-order chi connectivity index (χ0) is 26.1. The Bertz CT molecular complexity index is 1520. The number of aliphatic imine (C=N–C) groups is 1. The Morgan fingerprint density at radius 3 is 2.37 bits per heavy atom. The number of thioether (sulfide) groups is 1. The van der Waals surface area contributed by atoms with Crippen LogP contribution >= 0.6 is 11.8 Å². The molecule has 3 aliphatic heterocycles. The van der Waals surface area contributed by atoms with Gasteiger partial charge in [-0.2, -0.15) is 14.4 Å². The first-order valence-electron chi connectivity index (χ1n) is 13.0. The van der Waals surface area contributed by atoms with Gasteiger partial charge in [0.25, 0.3) is 5.91 Å². The van der Waals surface area contributed by atoms with Crippen molar-refractivity contribution in [2.45, 2.75) is 37.0 Å². The van der Waals surface area contributed by atoms with Crippen LogP contribution in [-0.2, 0) is 14.8 Å². The van der Waals surface area contributed by atoms with Crippen LogP contribution in [0.3, 0.4) is 0 Å². The van der Waals surface area contributed by atoms with Gasteiger partial charge in [-0.25, -0.2) is 13.1 Å². The largest absolute Gasteiger partial charge is 0.351 e. The number of likely N-dealkylation sites (tertiary alicyclic amines) is 1. The summed E-state index contributed by atoms with van der Waals surface area (Å²) >= 11 is 1.40. The van der Waals surface area contributed by atoms with Crippen molar-refractivity contribution in [2.24, 2.45) is 4.99 Å². The Labute approximate surface area is 227 Å². The van der Waals surface area contributed by atoms with E-state index in [4.69, 9.17) is 5.10 Å². The molecule has 3 aliphatic rings. The summed E-state index contributed by atoms with van der Waals surface area (Å²) in [6, 6.07) is 16.7. The lowest BCUT2D eigenvalue weighted by Crippen LogP contribution is -2.33. The van der Waals surface area contributed by atoms with Crippen LogP contribution in [0.1, 0.15) is 37.7 Å². The second-order valence-electron chi connectivity index (χ2n) is 9.71. The molecule has 0 N–H and O–H groups in total. The van der Waals surface area contributed by atoms with E-state index in [1.54, 1.807) is 27.2 Å². The maximum absolute atomic E-state index is 13.3. The number of nitrogens with zero attached hydrogens (tertiary/aromatic N) is 5. The van der Waals surface area contributed by atoms with Crippen molar-refractivity contribution >= 4 is 38.9 Å². The van der Waals surface area contributed by atoms with Gasteiger partial charge in [-0.15, -0.1) is 0 Å². The molecule has 0 unspecified atom stereocenters. The van der Waals surface area contributed by atoms with Crippen molar-refractivity contribution in [3.05, 3.63) is 71.3 Å². The van der Waals surface area contributed by atoms with E-state index in [2.05, 4.69) is 9.89 Å². The molecule has 8 nitrogen and oxygen atoms in total. The maximum atomic E-state index is 13.3. The molecule has 38 heavy (non-hydrogen) atoms. The summed E-state index contributed by atoms with van der Waals surface area (Å²) in [5.41, 5.74) is 2.89. The lowest BCUT2D eigenvalue weighted by molar-refractivity contribution is -0.113. The Morgan fingerprint density at radius 2 is 1.61 bits per heavy atom. The van der Waals surface area contributed by atoms with E-state index in [9.17, 15) is 13.2 Å². The van der Waals surface area contributed by atoms with Gasteiger partial charge in [0.1, 0.15) is 5.69 Å². The van der Waals surface area contributed by atoms with Crippen LogP contribution in [0.15, 0.2) is 75.6 Å². The highest BCUT2D eigenvalue weighted by Crippen LogP contribution is 2.35. The van der Waals surface area contributed by atoms with E-state index >= 15 is 0 Å². The molecule has 0 bridgehead atoms. The first-order valence-corrected chi connectivity index (χ1v) is 15.3. The highest BCUT2D eigenvalue weighted by molar-refractivity contribution is 8.18. The van der Waals surface area contributed by atoms with Crippen molar-refractivity contribution in [1.82, 2.24) is 19.0 Å². The van der Waals surface area contributed by atoms with Crippen LogP contribution < -0.4 is 0 Å². The van der Waals surface area contributed by atoms with E-state index in [1.807, 2.05) is 48.7 Å². The second-order valence-corrected chi connectivity index (χ2v) is 12.7. The van der Waals surface area contributed by atoms with Gasteiger partial charge in [-0.3, -0.25) is 4.79 Å². The number of carbonyl (C=O) groups is 1. The number of carbonyl (C=O) groups excluding carboxylic acids is 1. The summed E-state index contributed by atoms with van der Waals surface area (Å²) in [4.78, 5) is 20.2. The summed E-state index contributed by atoms with van der Waals surface area (Å²) in [7, 11) is -3.58. The van der Waals surface area contributed by atoms with E-state index < -0.39 is 10.0 Å². The molecule has 2 aromatic carbocycles. The number of rotatable bonds is 5. The van der Waals surface area contributed by atoms with Crippen molar-refractivity contribution in [1.29, 1.82) is 0 Å². The number of hydrogen-bond donors (Lipinski definition) is 0. The number of hydrogen-bond acceptors (Lipinski definition) is 6. The molecule has 6 rings (SSSR count). The third-order valence-corrected chi connectivity index (χ3v) is 10.0. The summed E-state index contributed by atoms with van der Waals surface area (Å²) in [5.74, 6) is -0.251. The molecule has 0 spiro atoms. The van der Waals surface area contributed by atoms with E-state index in [0.29, 0.717) is 29.3 Å². The summed E-state index contributed by atoms with van der Waals surface area (Å²) in [6.45, 7) is 2.93. The number of aromatic nitrogens is 2. The Morgan fingerprint density at radius 1 is 0.868 bits per heavy atom. The molecule has 0 atom stereocenters. The maximum Gasteiger partial charge on any atom is 0.286 e. The van der Waals surface area contributed by atoms with Crippen LogP contribution in [0.5, 0.6) is 0 Å². The number of amides is 1. The molecule has 1 aromatic heterocycles. The van der Waals surface area contributed by atoms with Crippen LogP contribution in [-0.4, -0.2) is 64.7 Å². The number of amidine groups is 1. The van der Waals surface area contributed by atoms with Crippen LogP contribution in [0.4, 0.5) is 0 Å². The van der Waals surface area contributed by atoms with Gasteiger partial charge in [0.15, 0.2) is 5.17 Å². The molecule has 1 amide bonds. The molecule has 2 fully saturated rings. The number of sulfonamides is 1. The molecule has 10 heteroatoms. The minimum absolute atomic E-state index is 0.251. The van der Waals surface area contributed by atoms with Crippen molar-refractivity contribution in [2.75, 3.05) is 26.2 Å². The second kappa shape index (κ2) is 10.5. The van der Waals surface area contributed by atoms with Crippen LogP contribution in [0.25, 0.3) is 23.0 Å². The SMILES string of the molecule is O=C1N=C(N2CCCCC2)SC1=Cc1cn(-c2ccccc2)nc1-c1cccc(S(=O)(=O)N2CCCC2)c1. The topological polar surface area (TPSA) is 87.9 Å². The lowest BCUT2D eigenvalue weighted by Gasteiger charge is -2.27. The highest BCUT2D eigenvalue weighted by atomic mass is 32.2. The summed E-state index contributed by atoms with van der Waals surface area (Å²) in [5, 5.41) is 5.60. The van der Waals surface area contributed by atoms with Gasteiger partial charge in [-0.1, -0.05) is 30.3 Å². The third kappa shape index (κ3) is 4.95. The predicted octanol–water partition coefficient (Wildman–Crippen LogP) is 4.78. The fourth-order valence-electron chi connectivity index (χ4n) is 5.07. The molecule has 3 aromatic rings. The smallest absolute Gasteiger partial charge is 0.286 e.